The number of benzene rings is 2. The van der Waals surface area contributed by atoms with Crippen molar-refractivity contribution in [1.29, 1.82) is 5.26 Å². The van der Waals surface area contributed by atoms with Crippen molar-refractivity contribution in [3.8, 4) is 6.07 Å². The third kappa shape index (κ3) is 3.10. The maximum absolute atomic E-state index is 9.53. The lowest BCUT2D eigenvalue weighted by Gasteiger charge is -2.12. The summed E-state index contributed by atoms with van der Waals surface area (Å²) >= 11 is 0. The lowest BCUT2D eigenvalue weighted by Crippen LogP contribution is -2.08. The summed E-state index contributed by atoms with van der Waals surface area (Å²) in [6, 6.07) is 12.9. The summed E-state index contributed by atoms with van der Waals surface area (Å²) in [5.74, 6) is 0. The summed E-state index contributed by atoms with van der Waals surface area (Å²) < 4.78 is 0. The van der Waals surface area contributed by atoms with Gasteiger partial charge in [0, 0.05) is 34.7 Å². The van der Waals surface area contributed by atoms with E-state index in [2.05, 4.69) is 73.3 Å². The summed E-state index contributed by atoms with van der Waals surface area (Å²) in [4.78, 5) is 7.98. The number of rotatable bonds is 4. The highest BCUT2D eigenvalue weighted by atomic mass is 14.9. The molecule has 2 aromatic heterocycles. The van der Waals surface area contributed by atoms with Gasteiger partial charge in [0.25, 0.3) is 0 Å². The molecule has 4 nitrogen and oxygen atoms in total. The zero-order valence-corrected chi connectivity index (χ0v) is 16.8. The van der Waals surface area contributed by atoms with E-state index in [9.17, 15) is 5.26 Å². The lowest BCUT2D eigenvalue weighted by molar-refractivity contribution is 1.01. The van der Waals surface area contributed by atoms with E-state index in [0.29, 0.717) is 5.56 Å². The minimum atomic E-state index is 0.582. The molecule has 0 radical (unpaired) electrons. The first kappa shape index (κ1) is 18.1. The SMILES string of the molecule is Cc1ccc2c(NCCc3c(C)[nH]c4c(C)cc(C)cc34)c(C#N)cnc2c1. The average Bonchev–Trinajstić information content (AvgIpc) is 2.97. The van der Waals surface area contributed by atoms with Gasteiger partial charge < -0.3 is 10.3 Å². The van der Waals surface area contributed by atoms with Crippen molar-refractivity contribution in [3.63, 3.8) is 0 Å². The van der Waals surface area contributed by atoms with Crippen LogP contribution >= 0.6 is 0 Å². The van der Waals surface area contributed by atoms with Crippen molar-refractivity contribution in [2.75, 3.05) is 11.9 Å². The second kappa shape index (κ2) is 7.01. The predicted molar refractivity (Wildman–Crippen MR) is 116 cm³/mol. The van der Waals surface area contributed by atoms with Crippen LogP contribution in [0.3, 0.4) is 0 Å². The average molecular weight is 368 g/mol. The summed E-state index contributed by atoms with van der Waals surface area (Å²) in [7, 11) is 0. The van der Waals surface area contributed by atoms with Crippen LogP contribution in [-0.2, 0) is 6.42 Å². The van der Waals surface area contributed by atoms with Crippen LogP contribution in [0.15, 0.2) is 36.5 Å². The number of aromatic nitrogens is 2. The summed E-state index contributed by atoms with van der Waals surface area (Å²) in [5, 5.41) is 15.3. The smallest absolute Gasteiger partial charge is 0.103 e. The van der Waals surface area contributed by atoms with Crippen molar-refractivity contribution in [3.05, 3.63) is 70.0 Å². The van der Waals surface area contributed by atoms with E-state index in [-0.39, 0.29) is 0 Å². The Bertz CT molecular complexity index is 1240. The number of aromatic amines is 1. The maximum atomic E-state index is 9.53. The largest absolute Gasteiger partial charge is 0.383 e. The van der Waals surface area contributed by atoms with E-state index in [0.717, 1.165) is 35.1 Å². The monoisotopic (exact) mass is 368 g/mol. The molecule has 0 amide bonds. The molecule has 0 aliphatic rings. The summed E-state index contributed by atoms with van der Waals surface area (Å²) in [5.41, 5.74) is 9.85. The number of nitriles is 1. The van der Waals surface area contributed by atoms with Gasteiger partial charge in [0.1, 0.15) is 6.07 Å². The Morgan fingerprint density at radius 2 is 1.86 bits per heavy atom. The van der Waals surface area contributed by atoms with Gasteiger partial charge in [-0.15, -0.1) is 0 Å². The first-order valence-corrected chi connectivity index (χ1v) is 9.59. The lowest BCUT2D eigenvalue weighted by atomic mass is 10.0. The maximum Gasteiger partial charge on any atom is 0.103 e. The van der Waals surface area contributed by atoms with Gasteiger partial charge in [-0.3, -0.25) is 4.98 Å². The molecule has 4 heteroatoms. The molecule has 2 N–H and O–H groups in total. The van der Waals surface area contributed by atoms with Gasteiger partial charge in [-0.05, 0) is 62.9 Å². The first-order chi connectivity index (χ1) is 13.5. The predicted octanol–water partition coefficient (Wildman–Crippen LogP) is 5.48. The van der Waals surface area contributed by atoms with Crippen LogP contribution < -0.4 is 5.32 Å². The van der Waals surface area contributed by atoms with E-state index >= 15 is 0 Å². The highest BCUT2D eigenvalue weighted by Gasteiger charge is 2.12. The molecule has 0 bridgehead atoms. The van der Waals surface area contributed by atoms with E-state index in [1.807, 2.05) is 6.07 Å². The van der Waals surface area contributed by atoms with Crippen molar-refractivity contribution in [2.45, 2.75) is 34.1 Å². The molecule has 140 valence electrons. The number of hydrogen-bond donors (Lipinski definition) is 2. The fraction of sp³-hybridized carbons (Fsp3) is 0.250. The molecular weight excluding hydrogens is 344 g/mol. The Morgan fingerprint density at radius 1 is 1.04 bits per heavy atom. The normalized spacial score (nSPS) is 11.1. The molecule has 0 saturated carbocycles. The number of fused-ring (bicyclic) bond motifs is 2. The van der Waals surface area contributed by atoms with Gasteiger partial charge in [0.15, 0.2) is 0 Å². The summed E-state index contributed by atoms with van der Waals surface area (Å²) in [6.45, 7) is 9.23. The molecule has 0 aliphatic carbocycles. The standard InChI is InChI=1S/C24H24N4/c1-14-5-6-20-22(11-14)27-13-18(12-25)24(20)26-8-7-19-17(4)28-23-16(3)9-15(2)10-21(19)23/h5-6,9-11,13,28H,7-8H2,1-4H3,(H,26,27). The highest BCUT2D eigenvalue weighted by Crippen LogP contribution is 2.29. The Balaban J connectivity index is 1.66. The molecule has 0 aliphatic heterocycles. The van der Waals surface area contributed by atoms with E-state index in [1.54, 1.807) is 6.20 Å². The van der Waals surface area contributed by atoms with Crippen molar-refractivity contribution >= 4 is 27.5 Å². The third-order valence-corrected chi connectivity index (χ3v) is 5.39. The van der Waals surface area contributed by atoms with Gasteiger partial charge in [0.2, 0.25) is 0 Å². The molecule has 0 saturated heterocycles. The zero-order valence-electron chi connectivity index (χ0n) is 16.8. The van der Waals surface area contributed by atoms with Crippen molar-refractivity contribution in [1.82, 2.24) is 9.97 Å². The van der Waals surface area contributed by atoms with Gasteiger partial charge in [-0.25, -0.2) is 0 Å². The zero-order chi connectivity index (χ0) is 19.8. The molecular formula is C24H24N4. The van der Waals surface area contributed by atoms with Crippen LogP contribution in [0.2, 0.25) is 0 Å². The topological polar surface area (TPSA) is 64.5 Å². The molecule has 0 spiro atoms. The number of anilines is 1. The van der Waals surface area contributed by atoms with Gasteiger partial charge in [-0.1, -0.05) is 23.8 Å². The van der Waals surface area contributed by atoms with E-state index < -0.39 is 0 Å². The molecule has 0 atom stereocenters. The van der Waals surface area contributed by atoms with Crippen LogP contribution in [0.1, 0.15) is 33.5 Å². The Kier molecular flexibility index (Phi) is 4.52. The Hall–Kier alpha value is -3.32. The van der Waals surface area contributed by atoms with Gasteiger partial charge >= 0.3 is 0 Å². The molecule has 0 unspecified atom stereocenters. The number of nitrogens with one attached hydrogen (secondary N) is 2. The molecule has 4 rings (SSSR count). The Labute approximate surface area is 165 Å². The van der Waals surface area contributed by atoms with Gasteiger partial charge in [0.05, 0.1) is 16.8 Å². The number of hydrogen-bond acceptors (Lipinski definition) is 3. The molecule has 2 heterocycles. The minimum absolute atomic E-state index is 0.582. The number of H-pyrrole nitrogens is 1. The second-order valence-electron chi connectivity index (χ2n) is 7.59. The van der Waals surface area contributed by atoms with Crippen molar-refractivity contribution < 1.29 is 0 Å². The van der Waals surface area contributed by atoms with Crippen molar-refractivity contribution in [2.24, 2.45) is 0 Å². The second-order valence-corrected chi connectivity index (χ2v) is 7.59. The number of pyridine rings is 1. The third-order valence-electron chi connectivity index (χ3n) is 5.39. The Morgan fingerprint density at radius 3 is 2.64 bits per heavy atom. The van der Waals surface area contributed by atoms with E-state index in [1.165, 1.54) is 33.3 Å². The van der Waals surface area contributed by atoms with Crippen LogP contribution in [0.5, 0.6) is 0 Å². The minimum Gasteiger partial charge on any atom is -0.383 e. The summed E-state index contributed by atoms with van der Waals surface area (Å²) in [6.07, 6.45) is 2.54. The van der Waals surface area contributed by atoms with E-state index in [4.69, 9.17) is 0 Å². The number of aryl methyl sites for hydroxylation is 4. The fourth-order valence-corrected chi connectivity index (χ4v) is 4.05. The van der Waals surface area contributed by atoms with Crippen LogP contribution in [0.4, 0.5) is 5.69 Å². The fourth-order valence-electron chi connectivity index (χ4n) is 4.05. The quantitative estimate of drug-likeness (QED) is 0.501. The molecule has 0 fully saturated rings. The van der Waals surface area contributed by atoms with Gasteiger partial charge in [-0.2, -0.15) is 5.26 Å². The molecule has 4 aromatic rings. The number of nitrogens with zero attached hydrogens (tertiary/aromatic N) is 2. The van der Waals surface area contributed by atoms with Crippen LogP contribution in [0.25, 0.3) is 21.8 Å². The molecule has 2 aromatic carbocycles. The molecule has 28 heavy (non-hydrogen) atoms. The highest BCUT2D eigenvalue weighted by molar-refractivity contribution is 5.94. The van der Waals surface area contributed by atoms with Crippen LogP contribution in [-0.4, -0.2) is 16.5 Å². The first-order valence-electron chi connectivity index (χ1n) is 9.59. The van der Waals surface area contributed by atoms with Crippen LogP contribution in [0, 0.1) is 39.0 Å².